The van der Waals surface area contributed by atoms with Crippen molar-refractivity contribution in [2.24, 2.45) is 0 Å². The number of thiophene rings is 1. The lowest BCUT2D eigenvalue weighted by Crippen LogP contribution is -2.17. The van der Waals surface area contributed by atoms with Crippen molar-refractivity contribution in [3.63, 3.8) is 0 Å². The van der Waals surface area contributed by atoms with E-state index in [0.717, 1.165) is 10.4 Å². The number of hydrogen-bond acceptors (Lipinski definition) is 4. The Kier molecular flexibility index (Phi) is 4.91. The molecule has 3 aromatic rings. The molecule has 0 unspecified atom stereocenters. The highest BCUT2D eigenvalue weighted by Crippen LogP contribution is 2.25. The van der Waals surface area contributed by atoms with Crippen LogP contribution in [0.15, 0.2) is 54.6 Å². The first kappa shape index (κ1) is 16.2. The van der Waals surface area contributed by atoms with Crippen molar-refractivity contribution in [3.8, 4) is 0 Å². The van der Waals surface area contributed by atoms with Crippen LogP contribution < -0.4 is 5.32 Å². The minimum atomic E-state index is -0.278. The van der Waals surface area contributed by atoms with Gasteiger partial charge in [-0.2, -0.15) is 0 Å². The van der Waals surface area contributed by atoms with Crippen LogP contribution in [0.3, 0.4) is 0 Å². The average Bonchev–Trinajstić information content (AvgIpc) is 3.03. The summed E-state index contributed by atoms with van der Waals surface area (Å²) in [6, 6.07) is 17.1. The molecule has 0 atom stereocenters. The highest BCUT2D eigenvalue weighted by atomic mass is 32.1. The number of rotatable bonds is 5. The summed E-state index contributed by atoms with van der Waals surface area (Å²) in [4.78, 5) is 24.5. The molecule has 3 rings (SSSR count). The van der Waals surface area contributed by atoms with Crippen LogP contribution in [-0.2, 0) is 22.6 Å². The second-order valence-electron chi connectivity index (χ2n) is 5.36. The van der Waals surface area contributed by atoms with Gasteiger partial charge in [0.1, 0.15) is 6.61 Å². The molecule has 1 N–H and O–H groups in total. The molecule has 1 aromatic heterocycles. The van der Waals surface area contributed by atoms with Gasteiger partial charge in [0.2, 0.25) is 0 Å². The van der Waals surface area contributed by atoms with Crippen molar-refractivity contribution in [1.29, 1.82) is 0 Å². The molecule has 0 saturated carbocycles. The van der Waals surface area contributed by atoms with Crippen LogP contribution >= 0.6 is 11.3 Å². The quantitative estimate of drug-likeness (QED) is 0.723. The van der Waals surface area contributed by atoms with Gasteiger partial charge in [-0.25, -0.2) is 0 Å². The minimum Gasteiger partial charge on any atom is -0.460 e. The zero-order valence-electron chi connectivity index (χ0n) is 13.2. The lowest BCUT2D eigenvalue weighted by Gasteiger charge is -2.05. The maximum Gasteiger partial charge on any atom is 0.310 e. The first-order valence-corrected chi connectivity index (χ1v) is 8.41. The van der Waals surface area contributed by atoms with Gasteiger partial charge in [0.25, 0.3) is 5.91 Å². The molecule has 0 aliphatic carbocycles. The fraction of sp³-hybridized carbons (Fsp3) is 0.158. The highest BCUT2D eigenvalue weighted by molar-refractivity contribution is 7.19. The maximum absolute atomic E-state index is 12.0. The topological polar surface area (TPSA) is 55.4 Å². The van der Waals surface area contributed by atoms with Crippen LogP contribution in [0.5, 0.6) is 0 Å². The predicted octanol–water partition coefficient (Wildman–Crippen LogP) is 3.55. The second kappa shape index (κ2) is 7.27. The number of amides is 1. The number of ether oxygens (including phenoxy) is 1. The Hall–Kier alpha value is -2.66. The van der Waals surface area contributed by atoms with Gasteiger partial charge in [0, 0.05) is 22.2 Å². The lowest BCUT2D eigenvalue weighted by molar-refractivity contribution is -0.144. The van der Waals surface area contributed by atoms with E-state index in [1.54, 1.807) is 42.6 Å². The fourth-order valence-corrected chi connectivity index (χ4v) is 3.37. The van der Waals surface area contributed by atoms with E-state index in [0.29, 0.717) is 5.56 Å². The molecule has 0 aliphatic heterocycles. The summed E-state index contributed by atoms with van der Waals surface area (Å²) in [6.45, 7) is 0.286. The smallest absolute Gasteiger partial charge is 0.310 e. The van der Waals surface area contributed by atoms with Crippen LogP contribution in [-0.4, -0.2) is 18.9 Å². The Balaban J connectivity index is 1.56. The van der Waals surface area contributed by atoms with Crippen molar-refractivity contribution < 1.29 is 14.3 Å². The molecule has 2 aromatic carbocycles. The Morgan fingerprint density at radius 3 is 2.54 bits per heavy atom. The normalized spacial score (nSPS) is 10.5. The van der Waals surface area contributed by atoms with E-state index in [1.807, 2.05) is 24.3 Å². The van der Waals surface area contributed by atoms with Crippen LogP contribution in [0, 0.1) is 0 Å². The van der Waals surface area contributed by atoms with Crippen LogP contribution in [0.25, 0.3) is 10.1 Å². The van der Waals surface area contributed by atoms with Crippen molar-refractivity contribution in [1.82, 2.24) is 5.32 Å². The maximum atomic E-state index is 12.0. The van der Waals surface area contributed by atoms with Gasteiger partial charge < -0.3 is 10.1 Å². The third-order valence-electron chi connectivity index (χ3n) is 3.64. The first-order chi connectivity index (χ1) is 11.7. The van der Waals surface area contributed by atoms with E-state index in [-0.39, 0.29) is 24.9 Å². The zero-order valence-corrected chi connectivity index (χ0v) is 14.1. The molecule has 24 heavy (non-hydrogen) atoms. The Morgan fingerprint density at radius 2 is 1.83 bits per heavy atom. The molecule has 0 fully saturated rings. The molecule has 0 aliphatic rings. The minimum absolute atomic E-state index is 0.145. The van der Waals surface area contributed by atoms with Crippen molar-refractivity contribution >= 4 is 33.3 Å². The molecule has 0 radical (unpaired) electrons. The number of nitrogens with one attached hydrogen (secondary N) is 1. The summed E-state index contributed by atoms with van der Waals surface area (Å²) in [7, 11) is 1.58. The summed E-state index contributed by atoms with van der Waals surface area (Å²) in [6.07, 6.45) is 0.193. The molecule has 0 saturated heterocycles. The van der Waals surface area contributed by atoms with Crippen LogP contribution in [0.2, 0.25) is 0 Å². The molecule has 0 bridgehead atoms. The van der Waals surface area contributed by atoms with Gasteiger partial charge >= 0.3 is 5.97 Å². The van der Waals surface area contributed by atoms with Crippen molar-refractivity contribution in [2.45, 2.75) is 13.0 Å². The van der Waals surface area contributed by atoms with Gasteiger partial charge in [-0.1, -0.05) is 30.3 Å². The number of benzene rings is 2. The third-order valence-corrected chi connectivity index (χ3v) is 4.73. The molecule has 1 heterocycles. The molecule has 0 spiro atoms. The zero-order chi connectivity index (χ0) is 16.9. The second-order valence-corrected chi connectivity index (χ2v) is 6.53. The van der Waals surface area contributed by atoms with Gasteiger partial charge in [0.15, 0.2) is 0 Å². The summed E-state index contributed by atoms with van der Waals surface area (Å²) < 4.78 is 6.54. The molecular formula is C19H17NO3S. The Bertz CT molecular complexity index is 835. The molecule has 4 nitrogen and oxygen atoms in total. The van der Waals surface area contributed by atoms with E-state index in [2.05, 4.69) is 11.4 Å². The standard InChI is InChI=1S/C19H17NO3S/c1-20-19(22)14-8-6-13(7-9-14)10-18(21)23-12-16-11-15-4-2-3-5-17(15)24-16/h2-9,11H,10,12H2,1H3,(H,20,22). The van der Waals surface area contributed by atoms with Gasteiger partial charge in [-0.05, 0) is 35.2 Å². The van der Waals surface area contributed by atoms with E-state index in [1.165, 1.54) is 10.1 Å². The van der Waals surface area contributed by atoms with Gasteiger partial charge in [0.05, 0.1) is 6.42 Å². The van der Waals surface area contributed by atoms with Crippen molar-refractivity contribution in [2.75, 3.05) is 7.05 Å². The third kappa shape index (κ3) is 3.81. The molecule has 5 heteroatoms. The SMILES string of the molecule is CNC(=O)c1ccc(CC(=O)OCc2cc3ccccc3s2)cc1. The summed E-state index contributed by atoms with van der Waals surface area (Å²) in [5, 5.41) is 3.73. The molecular weight excluding hydrogens is 322 g/mol. The molecule has 1 amide bonds. The van der Waals surface area contributed by atoms with E-state index in [9.17, 15) is 9.59 Å². The number of esters is 1. The van der Waals surface area contributed by atoms with Crippen LogP contribution in [0.4, 0.5) is 0 Å². The summed E-state index contributed by atoms with van der Waals surface area (Å²) in [5.41, 5.74) is 1.39. The summed E-state index contributed by atoms with van der Waals surface area (Å²) in [5.74, 6) is -0.422. The van der Waals surface area contributed by atoms with E-state index in [4.69, 9.17) is 4.74 Å². The number of fused-ring (bicyclic) bond motifs is 1. The monoisotopic (exact) mass is 339 g/mol. The fourth-order valence-electron chi connectivity index (χ4n) is 2.40. The summed E-state index contributed by atoms with van der Waals surface area (Å²) >= 11 is 1.63. The van der Waals surface area contributed by atoms with E-state index >= 15 is 0 Å². The lowest BCUT2D eigenvalue weighted by atomic mass is 10.1. The average molecular weight is 339 g/mol. The number of hydrogen-bond donors (Lipinski definition) is 1. The van der Waals surface area contributed by atoms with E-state index < -0.39 is 0 Å². The predicted molar refractivity (Wildman–Crippen MR) is 95.2 cm³/mol. The molecule has 122 valence electrons. The Morgan fingerprint density at radius 1 is 1.08 bits per heavy atom. The number of carbonyl (C=O) groups excluding carboxylic acids is 2. The van der Waals surface area contributed by atoms with Crippen LogP contribution in [0.1, 0.15) is 20.8 Å². The van der Waals surface area contributed by atoms with Gasteiger partial charge in [-0.3, -0.25) is 9.59 Å². The number of carbonyl (C=O) groups is 2. The van der Waals surface area contributed by atoms with Crippen molar-refractivity contribution in [3.05, 3.63) is 70.6 Å². The first-order valence-electron chi connectivity index (χ1n) is 7.60. The van der Waals surface area contributed by atoms with Gasteiger partial charge in [-0.15, -0.1) is 11.3 Å². The highest BCUT2D eigenvalue weighted by Gasteiger charge is 2.09. The largest absolute Gasteiger partial charge is 0.460 e. The Labute approximate surface area is 144 Å².